The van der Waals surface area contributed by atoms with Gasteiger partial charge in [0, 0.05) is 5.02 Å². The van der Waals surface area contributed by atoms with Gasteiger partial charge in [0.2, 0.25) is 0 Å². The molecule has 8 heteroatoms. The molecule has 0 aromatic heterocycles. The number of phenols is 1. The zero-order chi connectivity index (χ0) is 11.0. The second-order valence-corrected chi connectivity index (χ2v) is 4.11. The Morgan fingerprint density at radius 1 is 1.40 bits per heavy atom. The zero-order valence-electron chi connectivity index (χ0n) is 6.94. The van der Waals surface area contributed by atoms with Gasteiger partial charge in [0.05, 0.1) is 10.6 Å². The van der Waals surface area contributed by atoms with Gasteiger partial charge in [0.15, 0.2) is 0 Å². The van der Waals surface area contributed by atoms with Crippen LogP contribution >= 0.6 is 23.2 Å². The Morgan fingerprint density at radius 3 is 2.73 bits per heavy atom. The molecule has 1 atom stereocenters. The summed E-state index contributed by atoms with van der Waals surface area (Å²) in [6.45, 7) is 0. The van der Waals surface area contributed by atoms with Crippen LogP contribution in [-0.2, 0) is 19.8 Å². The first-order valence-corrected chi connectivity index (χ1v) is 5.37. The van der Waals surface area contributed by atoms with Crippen LogP contribution < -0.4 is 0 Å². The van der Waals surface area contributed by atoms with Gasteiger partial charge in [0.25, 0.3) is 5.90 Å². The maximum atomic E-state index is 10.7. The van der Waals surface area contributed by atoms with E-state index in [1.54, 1.807) is 0 Å². The highest BCUT2D eigenvalue weighted by Crippen LogP contribution is 2.32. The molecule has 1 heterocycles. The van der Waals surface area contributed by atoms with E-state index in [-0.39, 0.29) is 27.3 Å². The summed E-state index contributed by atoms with van der Waals surface area (Å²) in [5, 5.41) is 13.2. The van der Waals surface area contributed by atoms with Gasteiger partial charge >= 0.3 is 11.4 Å². The number of rotatable bonds is 1. The van der Waals surface area contributed by atoms with Gasteiger partial charge in [0.1, 0.15) is 5.75 Å². The highest BCUT2D eigenvalue weighted by atomic mass is 35.5. The molecule has 1 aromatic rings. The molecule has 0 bridgehead atoms. The zero-order valence-corrected chi connectivity index (χ0v) is 9.27. The van der Waals surface area contributed by atoms with E-state index in [1.807, 2.05) is 0 Å². The third-order valence-electron chi connectivity index (χ3n) is 1.59. The highest BCUT2D eigenvalue weighted by Gasteiger charge is 2.24. The average molecular weight is 268 g/mol. The SMILES string of the molecule is O=S1ON=C(c2cc(Cl)cc(Cl)c2O)O1. The standard InChI is InChI=1S/C7H3Cl2NO4S/c8-3-1-4(6(11)5(9)2-3)7-10-14-15(12)13-7/h1-2,11H. The molecular weight excluding hydrogens is 265 g/mol. The monoisotopic (exact) mass is 267 g/mol. The van der Waals surface area contributed by atoms with E-state index in [0.717, 1.165) is 0 Å². The van der Waals surface area contributed by atoms with Gasteiger partial charge in [-0.05, 0) is 17.3 Å². The lowest BCUT2D eigenvalue weighted by Crippen LogP contribution is -2.02. The maximum absolute atomic E-state index is 10.7. The van der Waals surface area contributed by atoms with E-state index in [0.29, 0.717) is 0 Å². The third-order valence-corrected chi connectivity index (χ3v) is 2.58. The van der Waals surface area contributed by atoms with Gasteiger partial charge in [-0.25, -0.2) is 0 Å². The van der Waals surface area contributed by atoms with Crippen molar-refractivity contribution in [2.75, 3.05) is 0 Å². The van der Waals surface area contributed by atoms with E-state index in [1.165, 1.54) is 12.1 Å². The van der Waals surface area contributed by atoms with Gasteiger partial charge in [-0.2, -0.15) is 4.21 Å². The fourth-order valence-electron chi connectivity index (χ4n) is 0.982. The lowest BCUT2D eigenvalue weighted by atomic mass is 10.2. The molecule has 0 radical (unpaired) electrons. The van der Waals surface area contributed by atoms with Crippen molar-refractivity contribution in [3.8, 4) is 5.75 Å². The van der Waals surface area contributed by atoms with Crippen LogP contribution in [0.25, 0.3) is 0 Å². The Kier molecular flexibility index (Phi) is 2.72. The summed E-state index contributed by atoms with van der Waals surface area (Å²) in [5.74, 6) is -0.391. The van der Waals surface area contributed by atoms with Crippen molar-refractivity contribution in [2.45, 2.75) is 0 Å². The molecular formula is C7H3Cl2NO4S. The predicted molar refractivity (Wildman–Crippen MR) is 55.0 cm³/mol. The number of benzene rings is 1. The molecule has 0 fully saturated rings. The van der Waals surface area contributed by atoms with E-state index >= 15 is 0 Å². The number of aromatic hydroxyl groups is 1. The van der Waals surface area contributed by atoms with Crippen molar-refractivity contribution in [3.63, 3.8) is 0 Å². The Balaban J connectivity index is 2.48. The van der Waals surface area contributed by atoms with Gasteiger partial charge in [-0.1, -0.05) is 23.2 Å². The summed E-state index contributed by atoms with van der Waals surface area (Å²) in [5.41, 5.74) is 0.123. The lowest BCUT2D eigenvalue weighted by Gasteiger charge is -2.03. The first-order chi connectivity index (χ1) is 7.08. The number of hydrogen-bond acceptors (Lipinski definition) is 5. The fourth-order valence-corrected chi connectivity index (χ4v) is 1.88. The maximum Gasteiger partial charge on any atom is 0.441 e. The van der Waals surface area contributed by atoms with Crippen molar-refractivity contribution < 1.29 is 17.8 Å². The number of halogens is 2. The van der Waals surface area contributed by atoms with Crippen molar-refractivity contribution in [1.82, 2.24) is 0 Å². The Hall–Kier alpha value is -0.980. The minimum atomic E-state index is -1.98. The molecule has 0 saturated carbocycles. The van der Waals surface area contributed by atoms with E-state index in [4.69, 9.17) is 23.2 Å². The van der Waals surface area contributed by atoms with Crippen LogP contribution in [0, 0.1) is 0 Å². The minimum absolute atomic E-state index is 0.0430. The molecule has 0 spiro atoms. The van der Waals surface area contributed by atoms with Crippen molar-refractivity contribution in [2.24, 2.45) is 5.16 Å². The first-order valence-electron chi connectivity index (χ1n) is 3.62. The number of hydrogen-bond donors (Lipinski definition) is 1. The van der Waals surface area contributed by atoms with Crippen molar-refractivity contribution >= 4 is 40.5 Å². The quantitative estimate of drug-likeness (QED) is 0.845. The van der Waals surface area contributed by atoms with Crippen LogP contribution in [0.15, 0.2) is 17.3 Å². The molecule has 0 saturated heterocycles. The summed E-state index contributed by atoms with van der Waals surface area (Å²) in [4.78, 5) is 0. The normalized spacial score (nSPS) is 19.3. The molecule has 1 N–H and O–H groups in total. The molecule has 15 heavy (non-hydrogen) atoms. The number of oxime groups is 1. The van der Waals surface area contributed by atoms with Crippen molar-refractivity contribution in [3.05, 3.63) is 27.7 Å². The second kappa shape index (κ2) is 3.88. The summed E-state index contributed by atoms with van der Waals surface area (Å²) < 4.78 is 19.7. The molecule has 0 amide bonds. The highest BCUT2D eigenvalue weighted by molar-refractivity contribution is 7.75. The van der Waals surface area contributed by atoms with Gasteiger partial charge in [-0.3, -0.25) is 4.28 Å². The van der Waals surface area contributed by atoms with E-state index in [9.17, 15) is 9.32 Å². The Bertz CT molecular complexity index is 476. The lowest BCUT2D eigenvalue weighted by molar-refractivity contribution is 0.371. The van der Waals surface area contributed by atoms with E-state index < -0.39 is 11.4 Å². The molecule has 0 aliphatic carbocycles. The van der Waals surface area contributed by atoms with Crippen LogP contribution in [0.4, 0.5) is 0 Å². The summed E-state index contributed by atoms with van der Waals surface area (Å²) in [6, 6.07) is 2.72. The van der Waals surface area contributed by atoms with Crippen LogP contribution in [0.3, 0.4) is 0 Å². The smallest absolute Gasteiger partial charge is 0.441 e. The summed E-state index contributed by atoms with van der Waals surface area (Å²) >= 11 is 9.41. The average Bonchev–Trinajstić information content (AvgIpc) is 2.58. The topological polar surface area (TPSA) is 68.1 Å². The molecule has 5 nitrogen and oxygen atoms in total. The predicted octanol–water partition coefficient (Wildman–Crippen LogP) is 1.99. The Morgan fingerprint density at radius 2 is 2.13 bits per heavy atom. The summed E-state index contributed by atoms with van der Waals surface area (Å²) in [7, 11) is 0. The summed E-state index contributed by atoms with van der Waals surface area (Å²) in [6.07, 6.45) is 0. The van der Waals surface area contributed by atoms with Crippen LogP contribution in [0.2, 0.25) is 10.0 Å². The number of nitrogens with zero attached hydrogens (tertiary/aromatic N) is 1. The molecule has 1 aromatic carbocycles. The van der Waals surface area contributed by atoms with E-state index in [2.05, 4.69) is 13.6 Å². The molecule has 1 aliphatic heterocycles. The fraction of sp³-hybridized carbons (Fsp3) is 0. The molecule has 1 aliphatic rings. The van der Waals surface area contributed by atoms with Gasteiger partial charge in [-0.15, -0.1) is 0 Å². The largest absolute Gasteiger partial charge is 0.506 e. The second-order valence-electron chi connectivity index (χ2n) is 2.54. The Labute approximate surface area is 97.1 Å². The van der Waals surface area contributed by atoms with Gasteiger partial charge < -0.3 is 9.29 Å². The number of phenolic OH excluding ortho intramolecular Hbond substituents is 1. The van der Waals surface area contributed by atoms with Crippen molar-refractivity contribution in [1.29, 1.82) is 0 Å². The third kappa shape index (κ3) is 2.01. The van der Waals surface area contributed by atoms with Crippen LogP contribution in [-0.4, -0.2) is 15.2 Å². The van der Waals surface area contributed by atoms with Crippen LogP contribution in [0.5, 0.6) is 5.75 Å². The molecule has 2 rings (SSSR count). The molecule has 80 valence electrons. The minimum Gasteiger partial charge on any atom is -0.506 e. The van der Waals surface area contributed by atoms with Crippen LogP contribution in [0.1, 0.15) is 5.56 Å². The first kappa shape index (κ1) is 10.5. The molecule has 1 unspecified atom stereocenters.